The number of amides is 2. The Morgan fingerprint density at radius 2 is 1.96 bits per heavy atom. The van der Waals surface area contributed by atoms with Gasteiger partial charge in [-0.25, -0.2) is 0 Å². The normalized spacial score (nSPS) is 23.8. The van der Waals surface area contributed by atoms with Crippen molar-refractivity contribution in [2.24, 2.45) is 5.92 Å². The van der Waals surface area contributed by atoms with Crippen LogP contribution < -0.4 is 4.90 Å². The zero-order chi connectivity index (χ0) is 18.0. The number of rotatable bonds is 4. The zero-order valence-electron chi connectivity index (χ0n) is 13.6. The second-order valence-corrected chi connectivity index (χ2v) is 6.69. The van der Waals surface area contributed by atoms with E-state index in [-0.39, 0.29) is 31.2 Å². The summed E-state index contributed by atoms with van der Waals surface area (Å²) in [7, 11) is 0. The number of morpholine rings is 1. The third-order valence-electron chi connectivity index (χ3n) is 4.47. The number of ether oxygens (including phenoxy) is 1. The van der Waals surface area contributed by atoms with Gasteiger partial charge in [-0.05, 0) is 24.3 Å². The second kappa shape index (κ2) is 7.41. The Bertz CT molecular complexity index is 678. The van der Waals surface area contributed by atoms with Gasteiger partial charge in [0.25, 0.3) is 0 Å². The van der Waals surface area contributed by atoms with Gasteiger partial charge in [-0.15, -0.1) is 0 Å². The Hall–Kier alpha value is -2.12. The third kappa shape index (κ3) is 4.11. The Labute approximate surface area is 150 Å². The molecule has 8 heteroatoms. The summed E-state index contributed by atoms with van der Waals surface area (Å²) >= 11 is 5.87. The number of hydrogen-bond acceptors (Lipinski definition) is 4. The monoisotopic (exact) mass is 366 g/mol. The van der Waals surface area contributed by atoms with Gasteiger partial charge in [0.15, 0.2) is 0 Å². The lowest BCUT2D eigenvalue weighted by Crippen LogP contribution is -2.48. The molecule has 2 fully saturated rings. The minimum atomic E-state index is -0.954. The van der Waals surface area contributed by atoms with Crippen molar-refractivity contribution in [3.63, 3.8) is 0 Å². The van der Waals surface area contributed by atoms with Crippen molar-refractivity contribution < 1.29 is 24.2 Å². The quantitative estimate of drug-likeness (QED) is 0.870. The summed E-state index contributed by atoms with van der Waals surface area (Å²) in [6.07, 6.45) is -0.480. The molecule has 0 aliphatic carbocycles. The zero-order valence-corrected chi connectivity index (χ0v) is 14.3. The Morgan fingerprint density at radius 1 is 1.24 bits per heavy atom. The summed E-state index contributed by atoms with van der Waals surface area (Å²) in [5.74, 6) is -1.60. The Kier molecular flexibility index (Phi) is 5.24. The molecule has 2 heterocycles. The molecule has 2 aliphatic heterocycles. The predicted molar refractivity (Wildman–Crippen MR) is 90.5 cm³/mol. The maximum atomic E-state index is 12.7. The van der Waals surface area contributed by atoms with E-state index in [1.807, 2.05) is 0 Å². The maximum absolute atomic E-state index is 12.7. The van der Waals surface area contributed by atoms with Crippen molar-refractivity contribution in [1.82, 2.24) is 4.90 Å². The molecule has 7 nitrogen and oxygen atoms in total. The average molecular weight is 367 g/mol. The number of anilines is 1. The molecule has 2 aliphatic rings. The highest BCUT2D eigenvalue weighted by Crippen LogP contribution is 2.28. The molecule has 0 bridgehead atoms. The number of aliphatic carboxylic acids is 1. The lowest BCUT2D eigenvalue weighted by atomic mass is 10.1. The van der Waals surface area contributed by atoms with Gasteiger partial charge in [-0.2, -0.15) is 0 Å². The van der Waals surface area contributed by atoms with Crippen LogP contribution in [0.3, 0.4) is 0 Å². The van der Waals surface area contributed by atoms with E-state index in [2.05, 4.69) is 0 Å². The fourth-order valence-corrected chi connectivity index (χ4v) is 3.37. The van der Waals surface area contributed by atoms with E-state index in [1.54, 1.807) is 34.1 Å². The van der Waals surface area contributed by atoms with Crippen LogP contribution in [0.2, 0.25) is 5.02 Å². The van der Waals surface area contributed by atoms with Gasteiger partial charge in [0, 0.05) is 36.8 Å². The lowest BCUT2D eigenvalue weighted by molar-refractivity contribution is -0.149. The van der Waals surface area contributed by atoms with Crippen LogP contribution in [0.4, 0.5) is 5.69 Å². The van der Waals surface area contributed by atoms with E-state index in [9.17, 15) is 14.4 Å². The molecule has 0 spiro atoms. The van der Waals surface area contributed by atoms with Gasteiger partial charge in [0.1, 0.15) is 0 Å². The van der Waals surface area contributed by atoms with Crippen molar-refractivity contribution in [2.45, 2.75) is 18.9 Å². The summed E-state index contributed by atoms with van der Waals surface area (Å²) in [5, 5.41) is 9.46. The number of benzene rings is 1. The fourth-order valence-electron chi connectivity index (χ4n) is 3.24. The van der Waals surface area contributed by atoms with Crippen molar-refractivity contribution >= 4 is 35.1 Å². The largest absolute Gasteiger partial charge is 0.481 e. The standard InChI is InChI=1S/C17H19ClN2O5/c18-12-1-3-13(4-2-12)20-9-11(7-15(20)21)17(24)19-5-6-25-14(10-19)8-16(22)23/h1-4,11,14H,5-10H2,(H,22,23). The van der Waals surface area contributed by atoms with E-state index < -0.39 is 18.0 Å². The SMILES string of the molecule is O=C(O)CC1CN(C(=O)C2CC(=O)N(c3ccc(Cl)cc3)C2)CCO1. The van der Waals surface area contributed by atoms with Crippen LogP contribution in [0.5, 0.6) is 0 Å². The third-order valence-corrected chi connectivity index (χ3v) is 4.72. The minimum Gasteiger partial charge on any atom is -0.481 e. The maximum Gasteiger partial charge on any atom is 0.306 e. The number of carbonyl (C=O) groups excluding carboxylic acids is 2. The van der Waals surface area contributed by atoms with Crippen LogP contribution in [0, 0.1) is 5.92 Å². The summed E-state index contributed by atoms with van der Waals surface area (Å²) < 4.78 is 5.39. The van der Waals surface area contributed by atoms with E-state index in [1.165, 1.54) is 0 Å². The highest BCUT2D eigenvalue weighted by molar-refractivity contribution is 6.30. The molecular weight excluding hydrogens is 348 g/mol. The van der Waals surface area contributed by atoms with Gasteiger partial charge in [0.2, 0.25) is 11.8 Å². The molecule has 1 N–H and O–H groups in total. The van der Waals surface area contributed by atoms with Crippen LogP contribution in [0.25, 0.3) is 0 Å². The first-order chi connectivity index (χ1) is 11.9. The lowest BCUT2D eigenvalue weighted by Gasteiger charge is -2.33. The predicted octanol–water partition coefficient (Wildman–Crippen LogP) is 1.40. The number of halogens is 1. The summed E-state index contributed by atoms with van der Waals surface area (Å²) in [6.45, 7) is 1.29. The molecule has 25 heavy (non-hydrogen) atoms. The van der Waals surface area contributed by atoms with Crippen LogP contribution in [0.15, 0.2) is 24.3 Å². The van der Waals surface area contributed by atoms with Gasteiger partial charge < -0.3 is 19.6 Å². The first-order valence-electron chi connectivity index (χ1n) is 8.12. The number of carboxylic acids is 1. The molecule has 1 aromatic carbocycles. The van der Waals surface area contributed by atoms with Crippen LogP contribution in [-0.4, -0.2) is 60.1 Å². The highest BCUT2D eigenvalue weighted by Gasteiger charge is 2.38. The first-order valence-corrected chi connectivity index (χ1v) is 8.50. The van der Waals surface area contributed by atoms with Crippen LogP contribution in [-0.2, 0) is 19.1 Å². The summed E-state index contributed by atoms with van der Waals surface area (Å²) in [4.78, 5) is 39.0. The molecule has 2 atom stereocenters. The molecule has 0 radical (unpaired) electrons. The highest BCUT2D eigenvalue weighted by atomic mass is 35.5. The minimum absolute atomic E-state index is 0.101. The van der Waals surface area contributed by atoms with E-state index in [4.69, 9.17) is 21.4 Å². The first kappa shape index (κ1) is 17.7. The van der Waals surface area contributed by atoms with Gasteiger partial charge >= 0.3 is 5.97 Å². The van der Waals surface area contributed by atoms with Crippen molar-refractivity contribution in [2.75, 3.05) is 31.1 Å². The molecule has 3 rings (SSSR count). The average Bonchev–Trinajstić information content (AvgIpc) is 2.96. The molecule has 0 saturated carbocycles. The van der Waals surface area contributed by atoms with E-state index in [0.29, 0.717) is 24.7 Å². The molecule has 134 valence electrons. The smallest absolute Gasteiger partial charge is 0.306 e. The number of carbonyl (C=O) groups is 3. The Balaban J connectivity index is 1.64. The summed E-state index contributed by atoms with van der Waals surface area (Å²) in [6, 6.07) is 6.92. The Morgan fingerprint density at radius 3 is 2.64 bits per heavy atom. The van der Waals surface area contributed by atoms with Crippen LogP contribution in [0.1, 0.15) is 12.8 Å². The molecule has 0 aromatic heterocycles. The molecule has 2 saturated heterocycles. The number of nitrogens with zero attached hydrogens (tertiary/aromatic N) is 2. The second-order valence-electron chi connectivity index (χ2n) is 6.26. The van der Waals surface area contributed by atoms with E-state index in [0.717, 1.165) is 5.69 Å². The van der Waals surface area contributed by atoms with Gasteiger partial charge in [-0.1, -0.05) is 11.6 Å². The molecular formula is C17H19ClN2O5. The number of hydrogen-bond donors (Lipinski definition) is 1. The number of carboxylic acid groups (broad SMARTS) is 1. The van der Waals surface area contributed by atoms with Gasteiger partial charge in [-0.3, -0.25) is 14.4 Å². The van der Waals surface area contributed by atoms with Gasteiger partial charge in [0.05, 0.1) is 25.0 Å². The molecule has 2 unspecified atom stereocenters. The van der Waals surface area contributed by atoms with Crippen LogP contribution >= 0.6 is 11.6 Å². The van der Waals surface area contributed by atoms with Crippen molar-refractivity contribution in [3.8, 4) is 0 Å². The molecule has 2 amide bonds. The topological polar surface area (TPSA) is 87.2 Å². The summed E-state index contributed by atoms with van der Waals surface area (Å²) in [5.41, 5.74) is 0.718. The van der Waals surface area contributed by atoms with Crippen molar-refractivity contribution in [1.29, 1.82) is 0 Å². The van der Waals surface area contributed by atoms with E-state index >= 15 is 0 Å². The van der Waals surface area contributed by atoms with Crippen molar-refractivity contribution in [3.05, 3.63) is 29.3 Å². The fraction of sp³-hybridized carbons (Fsp3) is 0.471. The molecule has 1 aromatic rings.